The van der Waals surface area contributed by atoms with Gasteiger partial charge in [-0.05, 0) is 31.5 Å². The van der Waals surface area contributed by atoms with E-state index in [0.717, 1.165) is 23.4 Å². The Kier molecular flexibility index (Phi) is 3.66. The van der Waals surface area contributed by atoms with Gasteiger partial charge in [-0.1, -0.05) is 0 Å². The fourth-order valence-corrected chi connectivity index (χ4v) is 2.40. The second kappa shape index (κ2) is 5.09. The number of methoxy groups -OCH3 is 2. The van der Waals surface area contributed by atoms with Gasteiger partial charge < -0.3 is 14.8 Å². The molecule has 2 rings (SSSR count). The van der Waals surface area contributed by atoms with Crippen LogP contribution in [0.4, 0.5) is 0 Å². The number of nitrogens with one attached hydrogen (secondary N) is 2. The van der Waals surface area contributed by atoms with Gasteiger partial charge in [-0.25, -0.2) is 0 Å². The molecule has 5 heteroatoms. The Hall–Kier alpha value is -1.75. The van der Waals surface area contributed by atoms with Crippen LogP contribution in [0.3, 0.4) is 0 Å². The molecule has 1 aromatic carbocycles. The molecule has 1 heterocycles. The lowest BCUT2D eigenvalue weighted by Gasteiger charge is -2.35. The normalized spacial score (nSPS) is 22.8. The molecule has 1 amide bonds. The number of carbonyl (C=O) groups excluding carboxylic acids is 1. The fourth-order valence-electron chi connectivity index (χ4n) is 2.40. The predicted molar refractivity (Wildman–Crippen MR) is 72.6 cm³/mol. The number of carbonyl (C=O) groups is 1. The molecule has 1 fully saturated rings. The lowest BCUT2D eigenvalue weighted by Crippen LogP contribution is -2.59. The van der Waals surface area contributed by atoms with Gasteiger partial charge in [-0.3, -0.25) is 10.1 Å². The minimum Gasteiger partial charge on any atom is -0.496 e. The van der Waals surface area contributed by atoms with E-state index < -0.39 is 5.54 Å². The zero-order valence-corrected chi connectivity index (χ0v) is 11.8. The highest BCUT2D eigenvalue weighted by Gasteiger charge is 2.39. The zero-order chi connectivity index (χ0) is 14.0. The second-order valence-electron chi connectivity index (χ2n) is 4.83. The molecule has 0 saturated carbocycles. The lowest BCUT2D eigenvalue weighted by molar-refractivity contribution is -0.129. The van der Waals surface area contributed by atoms with Crippen molar-refractivity contribution >= 4 is 5.91 Å². The predicted octanol–water partition coefficient (Wildman–Crippen LogP) is 0.947. The van der Waals surface area contributed by atoms with Crippen molar-refractivity contribution in [2.75, 3.05) is 27.3 Å². The first kappa shape index (κ1) is 13.7. The van der Waals surface area contributed by atoms with Crippen molar-refractivity contribution in [3.63, 3.8) is 0 Å². The maximum absolute atomic E-state index is 12.2. The molecule has 1 aliphatic heterocycles. The number of rotatable bonds is 3. The molecular weight excluding hydrogens is 244 g/mol. The highest BCUT2D eigenvalue weighted by atomic mass is 16.5. The minimum absolute atomic E-state index is 0.0528. The van der Waals surface area contributed by atoms with E-state index in [2.05, 4.69) is 10.6 Å². The molecule has 0 aromatic heterocycles. The van der Waals surface area contributed by atoms with Crippen LogP contribution >= 0.6 is 0 Å². The molecule has 1 aromatic rings. The van der Waals surface area contributed by atoms with Crippen molar-refractivity contribution in [3.8, 4) is 11.5 Å². The van der Waals surface area contributed by atoms with Crippen LogP contribution in [0.2, 0.25) is 0 Å². The van der Waals surface area contributed by atoms with Crippen LogP contribution < -0.4 is 20.1 Å². The molecule has 1 saturated heterocycles. The average molecular weight is 264 g/mol. The topological polar surface area (TPSA) is 59.6 Å². The largest absolute Gasteiger partial charge is 0.496 e. The van der Waals surface area contributed by atoms with Crippen molar-refractivity contribution in [2.45, 2.75) is 19.4 Å². The van der Waals surface area contributed by atoms with Crippen molar-refractivity contribution in [1.82, 2.24) is 10.6 Å². The Labute approximate surface area is 113 Å². The van der Waals surface area contributed by atoms with Gasteiger partial charge in [0.25, 0.3) is 0 Å². The van der Waals surface area contributed by atoms with Crippen LogP contribution in [0.5, 0.6) is 11.5 Å². The number of hydrogen-bond donors (Lipinski definition) is 2. The van der Waals surface area contributed by atoms with E-state index in [9.17, 15) is 4.79 Å². The van der Waals surface area contributed by atoms with Gasteiger partial charge in [0.15, 0.2) is 0 Å². The van der Waals surface area contributed by atoms with Crippen molar-refractivity contribution < 1.29 is 14.3 Å². The summed E-state index contributed by atoms with van der Waals surface area (Å²) in [6.45, 7) is 5.16. The van der Waals surface area contributed by atoms with Gasteiger partial charge in [0.05, 0.1) is 14.2 Å². The van der Waals surface area contributed by atoms with E-state index in [-0.39, 0.29) is 5.91 Å². The Balaban J connectivity index is 2.56. The summed E-state index contributed by atoms with van der Waals surface area (Å²) in [6, 6.07) is 3.76. The lowest BCUT2D eigenvalue weighted by atomic mass is 9.87. The summed E-state index contributed by atoms with van der Waals surface area (Å²) in [5.74, 6) is 1.38. The highest BCUT2D eigenvalue weighted by molar-refractivity contribution is 5.89. The summed E-state index contributed by atoms with van der Waals surface area (Å²) < 4.78 is 10.8. The molecule has 1 atom stereocenters. The van der Waals surface area contributed by atoms with Crippen LogP contribution in [-0.4, -0.2) is 33.2 Å². The first-order valence-electron chi connectivity index (χ1n) is 6.29. The van der Waals surface area contributed by atoms with Crippen LogP contribution in [0.15, 0.2) is 12.1 Å². The first-order valence-corrected chi connectivity index (χ1v) is 6.29. The van der Waals surface area contributed by atoms with Crippen molar-refractivity contribution in [2.24, 2.45) is 0 Å². The maximum Gasteiger partial charge on any atom is 0.244 e. The molecule has 1 aliphatic rings. The molecule has 0 aliphatic carbocycles. The van der Waals surface area contributed by atoms with E-state index in [1.54, 1.807) is 14.2 Å². The van der Waals surface area contributed by atoms with Gasteiger partial charge in [-0.2, -0.15) is 0 Å². The molecule has 1 unspecified atom stereocenters. The van der Waals surface area contributed by atoms with Crippen LogP contribution in [0, 0.1) is 6.92 Å². The number of amides is 1. The number of piperazine rings is 1. The second-order valence-corrected chi connectivity index (χ2v) is 4.83. The summed E-state index contributed by atoms with van der Waals surface area (Å²) in [5.41, 5.74) is 0.961. The van der Waals surface area contributed by atoms with Crippen molar-refractivity contribution in [1.29, 1.82) is 0 Å². The van der Waals surface area contributed by atoms with E-state index in [0.29, 0.717) is 12.3 Å². The molecule has 5 nitrogen and oxygen atoms in total. The quantitative estimate of drug-likeness (QED) is 0.853. The molecule has 0 radical (unpaired) electrons. The summed E-state index contributed by atoms with van der Waals surface area (Å²) in [7, 11) is 3.23. The molecule has 2 N–H and O–H groups in total. The Bertz CT molecular complexity index is 502. The molecule has 19 heavy (non-hydrogen) atoms. The Morgan fingerprint density at radius 1 is 1.16 bits per heavy atom. The van der Waals surface area contributed by atoms with Crippen molar-refractivity contribution in [3.05, 3.63) is 23.3 Å². The fraction of sp³-hybridized carbons (Fsp3) is 0.500. The van der Waals surface area contributed by atoms with Crippen LogP contribution in [0.1, 0.15) is 18.1 Å². The summed E-state index contributed by atoms with van der Waals surface area (Å²) >= 11 is 0. The molecule has 0 bridgehead atoms. The SMILES string of the molecule is COc1cc(C2(C)NCCNC2=O)c(OC)cc1C. The molecule has 104 valence electrons. The van der Waals surface area contributed by atoms with Crippen LogP contribution in [-0.2, 0) is 10.3 Å². The number of ether oxygens (including phenoxy) is 2. The number of hydrogen-bond acceptors (Lipinski definition) is 4. The third-order valence-electron chi connectivity index (χ3n) is 3.60. The first-order chi connectivity index (χ1) is 9.02. The van der Waals surface area contributed by atoms with Gasteiger partial charge in [-0.15, -0.1) is 0 Å². The maximum atomic E-state index is 12.2. The molecular formula is C14H20N2O3. The van der Waals surface area contributed by atoms with E-state index in [4.69, 9.17) is 9.47 Å². The summed E-state index contributed by atoms with van der Waals surface area (Å²) in [5, 5.41) is 6.14. The van der Waals surface area contributed by atoms with Gasteiger partial charge >= 0.3 is 0 Å². The smallest absolute Gasteiger partial charge is 0.244 e. The van der Waals surface area contributed by atoms with Crippen LogP contribution in [0.25, 0.3) is 0 Å². The molecule has 0 spiro atoms. The zero-order valence-electron chi connectivity index (χ0n) is 11.8. The average Bonchev–Trinajstić information content (AvgIpc) is 2.41. The third kappa shape index (κ3) is 2.26. The van der Waals surface area contributed by atoms with Gasteiger partial charge in [0.2, 0.25) is 5.91 Å². The minimum atomic E-state index is -0.801. The van der Waals surface area contributed by atoms with Gasteiger partial charge in [0, 0.05) is 18.7 Å². The van der Waals surface area contributed by atoms with E-state index >= 15 is 0 Å². The monoisotopic (exact) mass is 264 g/mol. The van der Waals surface area contributed by atoms with Gasteiger partial charge in [0.1, 0.15) is 17.0 Å². The third-order valence-corrected chi connectivity index (χ3v) is 3.60. The number of benzene rings is 1. The van der Waals surface area contributed by atoms with E-state index in [1.807, 2.05) is 26.0 Å². The highest BCUT2D eigenvalue weighted by Crippen LogP contribution is 2.36. The number of aryl methyl sites for hydroxylation is 1. The standard InChI is InChI=1S/C14H20N2O3/c1-9-7-12(19-4)10(8-11(9)18-3)14(2)13(17)15-5-6-16-14/h7-8,16H,5-6H2,1-4H3,(H,15,17). The Morgan fingerprint density at radius 3 is 2.42 bits per heavy atom. The van der Waals surface area contributed by atoms with E-state index in [1.165, 1.54) is 0 Å². The summed E-state index contributed by atoms with van der Waals surface area (Å²) in [6.07, 6.45) is 0. The Morgan fingerprint density at radius 2 is 1.84 bits per heavy atom. The summed E-state index contributed by atoms with van der Waals surface area (Å²) in [4.78, 5) is 12.2.